The van der Waals surface area contributed by atoms with E-state index in [-0.39, 0.29) is 23.8 Å². The number of carbonyl (C=O) groups excluding carboxylic acids is 1. The lowest BCUT2D eigenvalue weighted by Gasteiger charge is -2.04. The Kier molecular flexibility index (Phi) is 13.5. The summed E-state index contributed by atoms with van der Waals surface area (Å²) in [4.78, 5) is 23.2. The second kappa shape index (κ2) is 15.8. The number of anilines is 3. The minimum atomic E-state index is -0.123. The molecule has 1 aromatic rings. The molecule has 0 aromatic carbocycles. The van der Waals surface area contributed by atoms with Gasteiger partial charge in [0.1, 0.15) is 0 Å². The molecule has 0 unspecified atom stereocenters. The van der Waals surface area contributed by atoms with Crippen LogP contribution in [0.3, 0.4) is 0 Å². The number of nitrogens with two attached hydrogens (primary N) is 2. The van der Waals surface area contributed by atoms with Gasteiger partial charge in [-0.2, -0.15) is 15.0 Å². The maximum atomic E-state index is 11.9. The summed E-state index contributed by atoms with van der Waals surface area (Å²) < 4.78 is 0. The second-order valence-electron chi connectivity index (χ2n) is 7.26. The number of aromatic nitrogens is 3. The highest BCUT2D eigenvalue weighted by Crippen LogP contribution is 2.11. The molecule has 5 N–H and O–H groups in total. The van der Waals surface area contributed by atoms with Gasteiger partial charge in [0.05, 0.1) is 0 Å². The van der Waals surface area contributed by atoms with Gasteiger partial charge in [-0.05, 0) is 32.1 Å². The fourth-order valence-corrected chi connectivity index (χ4v) is 3.01. The van der Waals surface area contributed by atoms with E-state index in [4.69, 9.17) is 11.5 Å². The molecule has 0 radical (unpaired) electrons. The second-order valence-corrected chi connectivity index (χ2v) is 7.26. The van der Waals surface area contributed by atoms with Gasteiger partial charge in [0.25, 0.3) is 0 Å². The summed E-state index contributed by atoms with van der Waals surface area (Å²) >= 11 is 0. The minimum Gasteiger partial charge on any atom is -0.368 e. The largest absolute Gasteiger partial charge is 0.368 e. The first-order valence-corrected chi connectivity index (χ1v) is 10.8. The van der Waals surface area contributed by atoms with Gasteiger partial charge in [0.15, 0.2) is 0 Å². The van der Waals surface area contributed by atoms with E-state index in [1.54, 1.807) is 0 Å². The van der Waals surface area contributed by atoms with Crippen molar-refractivity contribution in [2.24, 2.45) is 0 Å². The fraction of sp³-hybridized carbons (Fsp3) is 0.714. The molecular weight excluding hydrogens is 352 g/mol. The van der Waals surface area contributed by atoms with Crippen molar-refractivity contribution in [3.05, 3.63) is 12.2 Å². The number of nitrogen functional groups attached to an aromatic ring is 2. The third kappa shape index (κ3) is 13.1. The van der Waals surface area contributed by atoms with Crippen LogP contribution in [0.1, 0.15) is 96.8 Å². The van der Waals surface area contributed by atoms with Gasteiger partial charge in [-0.25, -0.2) is 0 Å². The maximum Gasteiger partial charge on any atom is 0.236 e. The summed E-state index contributed by atoms with van der Waals surface area (Å²) in [7, 11) is 0. The predicted octanol–water partition coefficient (Wildman–Crippen LogP) is 5.01. The molecule has 158 valence electrons. The molecule has 7 heteroatoms. The highest BCUT2D eigenvalue weighted by molar-refractivity contribution is 5.89. The molecule has 0 fully saturated rings. The lowest BCUT2D eigenvalue weighted by Crippen LogP contribution is -2.15. The van der Waals surface area contributed by atoms with Crippen LogP contribution in [-0.4, -0.2) is 20.9 Å². The maximum absolute atomic E-state index is 11.9. The Balaban J connectivity index is 1.92. The van der Waals surface area contributed by atoms with Crippen LogP contribution in [0.4, 0.5) is 17.8 Å². The van der Waals surface area contributed by atoms with E-state index in [0.29, 0.717) is 6.42 Å². The van der Waals surface area contributed by atoms with Gasteiger partial charge in [-0.15, -0.1) is 0 Å². The molecule has 1 aromatic heterocycles. The van der Waals surface area contributed by atoms with Crippen molar-refractivity contribution in [2.75, 3.05) is 16.8 Å². The zero-order valence-corrected chi connectivity index (χ0v) is 17.5. The van der Waals surface area contributed by atoms with Gasteiger partial charge >= 0.3 is 0 Å². The molecule has 0 saturated carbocycles. The summed E-state index contributed by atoms with van der Waals surface area (Å²) in [6, 6.07) is 0. The van der Waals surface area contributed by atoms with Crippen molar-refractivity contribution >= 4 is 23.8 Å². The number of hydrogen-bond donors (Lipinski definition) is 3. The van der Waals surface area contributed by atoms with Gasteiger partial charge in [-0.3, -0.25) is 10.1 Å². The number of hydrogen-bond acceptors (Lipinski definition) is 6. The number of carbonyl (C=O) groups is 1. The van der Waals surface area contributed by atoms with E-state index in [9.17, 15) is 4.79 Å². The quantitative estimate of drug-likeness (QED) is 0.269. The lowest BCUT2D eigenvalue weighted by molar-refractivity contribution is -0.116. The Labute approximate surface area is 169 Å². The monoisotopic (exact) mass is 390 g/mol. The van der Waals surface area contributed by atoms with E-state index < -0.39 is 0 Å². The normalized spacial score (nSPS) is 11.2. The average Bonchev–Trinajstić information content (AvgIpc) is 2.64. The summed E-state index contributed by atoms with van der Waals surface area (Å²) in [5.74, 6) is -0.00183. The Morgan fingerprint density at radius 1 is 0.786 bits per heavy atom. The van der Waals surface area contributed by atoms with Crippen LogP contribution in [0, 0.1) is 0 Å². The molecule has 0 aliphatic carbocycles. The third-order valence-electron chi connectivity index (χ3n) is 4.59. The smallest absolute Gasteiger partial charge is 0.236 e. The Morgan fingerprint density at radius 2 is 1.29 bits per heavy atom. The van der Waals surface area contributed by atoms with Gasteiger partial charge in [0.2, 0.25) is 23.8 Å². The van der Waals surface area contributed by atoms with Crippen molar-refractivity contribution in [3.8, 4) is 0 Å². The molecule has 0 aliphatic heterocycles. The summed E-state index contributed by atoms with van der Waals surface area (Å²) in [6.45, 7) is 2.26. The Morgan fingerprint density at radius 3 is 1.86 bits per heavy atom. The lowest BCUT2D eigenvalue weighted by atomic mass is 10.1. The molecule has 1 rings (SSSR count). The Bertz CT molecular complexity index is 556. The number of amides is 1. The minimum absolute atomic E-state index is 0.00354. The molecule has 0 atom stereocenters. The Hall–Kier alpha value is -2.18. The van der Waals surface area contributed by atoms with E-state index in [1.165, 1.54) is 64.2 Å². The van der Waals surface area contributed by atoms with E-state index in [0.717, 1.165) is 19.3 Å². The standard InChI is InChI=1S/C21H38N6O/c1-2-3-4-5-6-7-8-9-10-11-12-13-14-15-16-17-18(28)24-21-26-19(22)25-20(23)27-21/h9-10H,2-8,11-17H2,1H3,(H5,22,23,24,25,26,27,28)/b10-9-. The average molecular weight is 391 g/mol. The van der Waals surface area contributed by atoms with Crippen molar-refractivity contribution in [2.45, 2.75) is 96.8 Å². The van der Waals surface area contributed by atoms with Gasteiger partial charge < -0.3 is 11.5 Å². The molecule has 28 heavy (non-hydrogen) atoms. The first kappa shape index (κ1) is 23.9. The third-order valence-corrected chi connectivity index (χ3v) is 4.59. The van der Waals surface area contributed by atoms with E-state index >= 15 is 0 Å². The number of unbranched alkanes of at least 4 members (excludes halogenated alkanes) is 11. The van der Waals surface area contributed by atoms with Crippen LogP contribution in [0.15, 0.2) is 12.2 Å². The summed E-state index contributed by atoms with van der Waals surface area (Å²) in [5.41, 5.74) is 10.9. The van der Waals surface area contributed by atoms with Crippen LogP contribution < -0.4 is 16.8 Å². The molecule has 0 saturated heterocycles. The number of nitrogens with zero attached hydrogens (tertiary/aromatic N) is 3. The van der Waals surface area contributed by atoms with Crippen molar-refractivity contribution in [1.29, 1.82) is 0 Å². The van der Waals surface area contributed by atoms with Crippen LogP contribution in [0.25, 0.3) is 0 Å². The molecule has 1 amide bonds. The SMILES string of the molecule is CCCCCCCC/C=C\CCCCCCCC(=O)Nc1nc(N)nc(N)n1. The fourth-order valence-electron chi connectivity index (χ4n) is 3.01. The molecule has 0 aliphatic rings. The first-order chi connectivity index (χ1) is 13.6. The molecule has 0 bridgehead atoms. The number of rotatable bonds is 16. The highest BCUT2D eigenvalue weighted by Gasteiger charge is 2.06. The van der Waals surface area contributed by atoms with Crippen LogP contribution >= 0.6 is 0 Å². The van der Waals surface area contributed by atoms with Gasteiger partial charge in [0, 0.05) is 6.42 Å². The van der Waals surface area contributed by atoms with E-state index in [1.807, 2.05) is 0 Å². The van der Waals surface area contributed by atoms with Crippen LogP contribution in [0.2, 0.25) is 0 Å². The van der Waals surface area contributed by atoms with Crippen molar-refractivity contribution in [1.82, 2.24) is 15.0 Å². The first-order valence-electron chi connectivity index (χ1n) is 10.8. The molecule has 1 heterocycles. The summed E-state index contributed by atoms with van der Waals surface area (Å²) in [6.07, 6.45) is 21.2. The zero-order valence-electron chi connectivity index (χ0n) is 17.5. The number of nitrogens with one attached hydrogen (secondary N) is 1. The van der Waals surface area contributed by atoms with Crippen LogP contribution in [0.5, 0.6) is 0 Å². The van der Waals surface area contributed by atoms with Crippen molar-refractivity contribution in [3.63, 3.8) is 0 Å². The number of allylic oxidation sites excluding steroid dienone is 2. The highest BCUT2D eigenvalue weighted by atomic mass is 16.1. The van der Waals surface area contributed by atoms with E-state index in [2.05, 4.69) is 39.3 Å². The molecule has 7 nitrogen and oxygen atoms in total. The zero-order chi connectivity index (χ0) is 20.5. The molecule has 0 spiro atoms. The van der Waals surface area contributed by atoms with Crippen LogP contribution in [-0.2, 0) is 4.79 Å². The molecular formula is C21H38N6O. The predicted molar refractivity (Wildman–Crippen MR) is 117 cm³/mol. The summed E-state index contributed by atoms with van der Waals surface area (Å²) in [5, 5.41) is 2.60. The van der Waals surface area contributed by atoms with Gasteiger partial charge in [-0.1, -0.05) is 70.4 Å². The van der Waals surface area contributed by atoms with Crippen molar-refractivity contribution < 1.29 is 4.79 Å². The topological polar surface area (TPSA) is 120 Å².